The lowest BCUT2D eigenvalue weighted by Crippen LogP contribution is -2.35. The van der Waals surface area contributed by atoms with Crippen LogP contribution < -0.4 is 11.2 Å². The molecular formula is C27H34N6O4. The van der Waals surface area contributed by atoms with Gasteiger partial charge in [-0.25, -0.2) is 0 Å². The van der Waals surface area contributed by atoms with Gasteiger partial charge >= 0.3 is 5.97 Å². The molecule has 2 aromatic rings. The molecule has 2 aromatic carbocycles. The van der Waals surface area contributed by atoms with Crippen LogP contribution in [0.25, 0.3) is 17.2 Å². The quantitative estimate of drug-likeness (QED) is 0.107. The Morgan fingerprint density at radius 1 is 1.11 bits per heavy atom. The molecule has 1 amide bonds. The van der Waals surface area contributed by atoms with E-state index in [1.165, 1.54) is 0 Å². The van der Waals surface area contributed by atoms with E-state index in [4.69, 9.17) is 10.6 Å². The second-order valence-electron chi connectivity index (χ2n) is 8.74. The van der Waals surface area contributed by atoms with E-state index >= 15 is 0 Å². The third-order valence-electron chi connectivity index (χ3n) is 6.00. The number of anilines is 1. The highest BCUT2D eigenvalue weighted by Crippen LogP contribution is 2.32. The fraction of sp³-hybridized carbons (Fsp3) is 0.407. The summed E-state index contributed by atoms with van der Waals surface area (Å²) in [6.45, 7) is 5.38. The van der Waals surface area contributed by atoms with Gasteiger partial charge in [0.05, 0.1) is 19.6 Å². The highest BCUT2D eigenvalue weighted by molar-refractivity contribution is 5.99. The molecular weight excluding hydrogens is 472 g/mol. The van der Waals surface area contributed by atoms with Crippen LogP contribution in [0.1, 0.15) is 44.2 Å². The Labute approximate surface area is 216 Å². The van der Waals surface area contributed by atoms with Crippen molar-refractivity contribution in [2.24, 2.45) is 21.4 Å². The number of carbonyl (C=O) groups excluding carboxylic acids is 2. The number of nitrogens with one attached hydrogen (secondary N) is 1. The summed E-state index contributed by atoms with van der Waals surface area (Å²) >= 11 is 0. The van der Waals surface area contributed by atoms with E-state index in [1.807, 2.05) is 55.5 Å². The van der Waals surface area contributed by atoms with Crippen molar-refractivity contribution in [3.63, 3.8) is 0 Å². The molecule has 10 nitrogen and oxygen atoms in total. The van der Waals surface area contributed by atoms with E-state index in [0.29, 0.717) is 38.1 Å². The number of nitrogens with two attached hydrogens (primary N) is 1. The summed E-state index contributed by atoms with van der Waals surface area (Å²) in [5.74, 6) is 5.01. The van der Waals surface area contributed by atoms with Crippen molar-refractivity contribution in [2.45, 2.75) is 45.7 Å². The lowest BCUT2D eigenvalue weighted by atomic mass is 9.99. The number of fused-ring (bicyclic) bond motifs is 1. The van der Waals surface area contributed by atoms with Crippen molar-refractivity contribution in [1.82, 2.24) is 4.90 Å². The van der Waals surface area contributed by atoms with Gasteiger partial charge in [0.2, 0.25) is 5.91 Å². The Balaban J connectivity index is 1.88. The molecule has 0 bridgehead atoms. The standard InChI is InChI=1S/C27H34N6O4/c1-3-13-33(14-5-12-29-36)27(35)23-16-22-11-10-21(17-24(22)30-25(18-23)31-32-28)20-8-6-19(7-9-20)15-26(34)37-4-2/h6-11,16-17,25,30H,3-5,12-15,18H2,1-2H3,(H2,28,31). The van der Waals surface area contributed by atoms with Crippen LogP contribution in [-0.2, 0) is 20.7 Å². The molecule has 1 aliphatic rings. The van der Waals surface area contributed by atoms with Crippen molar-refractivity contribution in [3.8, 4) is 11.1 Å². The van der Waals surface area contributed by atoms with Crippen LogP contribution in [0.2, 0.25) is 0 Å². The first-order chi connectivity index (χ1) is 18.0. The number of ether oxygens (including phenoxy) is 1. The van der Waals surface area contributed by atoms with Crippen molar-refractivity contribution in [2.75, 3.05) is 31.6 Å². The van der Waals surface area contributed by atoms with E-state index in [-0.39, 0.29) is 24.8 Å². The van der Waals surface area contributed by atoms with Gasteiger partial charge < -0.3 is 20.8 Å². The van der Waals surface area contributed by atoms with Crippen molar-refractivity contribution in [1.29, 1.82) is 0 Å². The summed E-state index contributed by atoms with van der Waals surface area (Å²) in [7, 11) is 0. The van der Waals surface area contributed by atoms with Crippen LogP contribution in [0.3, 0.4) is 0 Å². The van der Waals surface area contributed by atoms with Gasteiger partial charge in [-0.05, 0) is 54.2 Å². The van der Waals surface area contributed by atoms with Crippen molar-refractivity contribution in [3.05, 3.63) is 64.1 Å². The van der Waals surface area contributed by atoms with E-state index in [2.05, 4.69) is 20.8 Å². The molecule has 1 atom stereocenters. The molecule has 1 aliphatic heterocycles. The van der Waals surface area contributed by atoms with Gasteiger partial charge in [0.1, 0.15) is 6.17 Å². The number of amides is 1. The predicted molar refractivity (Wildman–Crippen MR) is 143 cm³/mol. The first-order valence-electron chi connectivity index (χ1n) is 12.5. The topological polar surface area (TPSA) is 139 Å². The molecule has 3 N–H and O–H groups in total. The molecule has 10 heteroatoms. The summed E-state index contributed by atoms with van der Waals surface area (Å²) in [5.41, 5.74) is 5.08. The summed E-state index contributed by atoms with van der Waals surface area (Å²) in [6, 6.07) is 13.7. The average molecular weight is 507 g/mol. The van der Waals surface area contributed by atoms with E-state index in [0.717, 1.165) is 34.4 Å². The second kappa shape index (κ2) is 13.9. The van der Waals surface area contributed by atoms with Gasteiger partial charge in [0, 0.05) is 30.8 Å². The second-order valence-corrected chi connectivity index (χ2v) is 8.74. The lowest BCUT2D eigenvalue weighted by Gasteiger charge is -2.23. The van der Waals surface area contributed by atoms with E-state index in [1.54, 1.807) is 11.8 Å². The Kier molecular flexibility index (Phi) is 10.3. The third-order valence-corrected chi connectivity index (χ3v) is 6.00. The molecule has 0 saturated heterocycles. The molecule has 3 rings (SSSR count). The fourth-order valence-corrected chi connectivity index (χ4v) is 4.28. The molecule has 0 fully saturated rings. The molecule has 0 aliphatic carbocycles. The minimum absolute atomic E-state index is 0.0964. The Morgan fingerprint density at radius 2 is 1.86 bits per heavy atom. The minimum Gasteiger partial charge on any atom is -0.466 e. The van der Waals surface area contributed by atoms with Crippen LogP contribution in [0.5, 0.6) is 0 Å². The molecule has 1 heterocycles. The average Bonchev–Trinajstić information content (AvgIpc) is 3.07. The van der Waals surface area contributed by atoms with Crippen molar-refractivity contribution < 1.29 is 14.3 Å². The van der Waals surface area contributed by atoms with Crippen LogP contribution in [0.15, 0.2) is 63.6 Å². The molecule has 37 heavy (non-hydrogen) atoms. The maximum absolute atomic E-state index is 13.4. The number of esters is 1. The summed E-state index contributed by atoms with van der Waals surface area (Å²) in [5, 5.41) is 13.8. The maximum atomic E-state index is 13.4. The van der Waals surface area contributed by atoms with Gasteiger partial charge in [-0.1, -0.05) is 53.7 Å². The first kappa shape index (κ1) is 27.5. The van der Waals surface area contributed by atoms with Crippen LogP contribution in [0.4, 0.5) is 5.69 Å². The minimum atomic E-state index is -0.510. The van der Waals surface area contributed by atoms with Crippen LogP contribution in [0, 0.1) is 4.91 Å². The fourth-order valence-electron chi connectivity index (χ4n) is 4.28. The monoisotopic (exact) mass is 506 g/mol. The van der Waals surface area contributed by atoms with Gasteiger partial charge in [-0.2, -0.15) is 4.91 Å². The normalized spacial score (nSPS) is 14.8. The van der Waals surface area contributed by atoms with Gasteiger partial charge in [0.15, 0.2) is 0 Å². The van der Waals surface area contributed by atoms with Gasteiger partial charge in [-0.15, -0.1) is 5.11 Å². The van der Waals surface area contributed by atoms with Crippen molar-refractivity contribution >= 4 is 23.6 Å². The van der Waals surface area contributed by atoms with E-state index in [9.17, 15) is 14.5 Å². The van der Waals surface area contributed by atoms with Crippen LogP contribution in [-0.4, -0.2) is 49.2 Å². The molecule has 196 valence electrons. The van der Waals surface area contributed by atoms with E-state index < -0.39 is 6.17 Å². The highest BCUT2D eigenvalue weighted by Gasteiger charge is 2.25. The SMILES string of the molecule is CCCN(CCCN=O)C(=O)C1=Cc2ccc(-c3ccc(CC(=O)OCC)cc3)cc2NC(N=NN)C1. The summed E-state index contributed by atoms with van der Waals surface area (Å²) in [6.07, 6.45) is 3.24. The molecule has 0 radical (unpaired) electrons. The number of benzene rings is 2. The number of carbonyl (C=O) groups is 2. The molecule has 0 spiro atoms. The summed E-state index contributed by atoms with van der Waals surface area (Å²) < 4.78 is 5.02. The number of nitrogens with zero attached hydrogens (tertiary/aromatic N) is 4. The third kappa shape index (κ3) is 7.70. The molecule has 0 aromatic heterocycles. The molecule has 1 unspecified atom stereocenters. The summed E-state index contributed by atoms with van der Waals surface area (Å²) in [4.78, 5) is 37.4. The van der Waals surface area contributed by atoms with Gasteiger partial charge in [-0.3, -0.25) is 9.59 Å². The first-order valence-corrected chi connectivity index (χ1v) is 12.5. The number of hydrogen-bond acceptors (Lipinski definition) is 8. The maximum Gasteiger partial charge on any atom is 0.310 e. The number of nitroso groups, excluding NO2 is 1. The van der Waals surface area contributed by atoms with Crippen LogP contribution >= 0.6 is 0 Å². The molecule has 0 saturated carbocycles. The number of hydrogen-bond donors (Lipinski definition) is 2. The van der Waals surface area contributed by atoms with Gasteiger partial charge in [0.25, 0.3) is 0 Å². The highest BCUT2D eigenvalue weighted by atomic mass is 16.5. The number of rotatable bonds is 12. The smallest absolute Gasteiger partial charge is 0.310 e. The zero-order valence-corrected chi connectivity index (χ0v) is 21.4. The Hall–Kier alpha value is -4.08. The Bertz CT molecular complexity index is 1150. The zero-order valence-electron chi connectivity index (χ0n) is 21.4. The largest absolute Gasteiger partial charge is 0.466 e. The lowest BCUT2D eigenvalue weighted by molar-refractivity contribution is -0.142. The Morgan fingerprint density at radius 3 is 2.54 bits per heavy atom. The zero-order chi connectivity index (χ0) is 26.6. The predicted octanol–water partition coefficient (Wildman–Crippen LogP) is 4.71.